The summed E-state index contributed by atoms with van der Waals surface area (Å²) in [5, 5.41) is 2.94. The Morgan fingerprint density at radius 3 is 2.00 bits per heavy atom. The summed E-state index contributed by atoms with van der Waals surface area (Å²) in [6.45, 7) is 6.29. The van der Waals surface area contributed by atoms with Crippen molar-refractivity contribution in [3.8, 4) is 0 Å². The lowest BCUT2D eigenvalue weighted by molar-refractivity contribution is -0.125. The lowest BCUT2D eigenvalue weighted by Crippen LogP contribution is -2.41. The Bertz CT molecular complexity index is 409. The van der Waals surface area contributed by atoms with Crippen molar-refractivity contribution in [1.82, 2.24) is 0 Å². The van der Waals surface area contributed by atoms with Crippen LogP contribution in [0.2, 0.25) is 0 Å². The molecule has 1 rings (SSSR count). The number of nitrogens with two attached hydrogens (primary N) is 2. The minimum absolute atomic E-state index is 0. The van der Waals surface area contributed by atoms with Gasteiger partial charge in [-0.15, -0.1) is 24.8 Å². The predicted octanol–water partition coefficient (Wildman–Crippen LogP) is 3.25. The van der Waals surface area contributed by atoms with E-state index in [1.807, 2.05) is 45.0 Å². The molecule has 122 valence electrons. The van der Waals surface area contributed by atoms with Gasteiger partial charge in [0, 0.05) is 18.3 Å². The first-order valence-electron chi connectivity index (χ1n) is 6.86. The second kappa shape index (κ2) is 10.0. The smallest absolute Gasteiger partial charge is 0.231 e. The molecule has 21 heavy (non-hydrogen) atoms. The van der Waals surface area contributed by atoms with Crippen LogP contribution < -0.4 is 16.8 Å². The maximum absolute atomic E-state index is 12.3. The highest BCUT2D eigenvalue weighted by molar-refractivity contribution is 5.95. The first kappa shape index (κ1) is 22.5. The van der Waals surface area contributed by atoms with Gasteiger partial charge in [-0.2, -0.15) is 0 Å². The Kier molecular flexibility index (Phi) is 10.7. The normalized spacial score (nSPS) is 11.9. The highest BCUT2D eigenvalue weighted by atomic mass is 35.5. The molecular formula is C15H27Cl2N3O. The zero-order valence-corrected chi connectivity index (χ0v) is 14.5. The highest BCUT2D eigenvalue weighted by Gasteiger charge is 2.33. The lowest BCUT2D eigenvalue weighted by Gasteiger charge is -2.28. The molecular weight excluding hydrogens is 309 g/mol. The third-order valence-electron chi connectivity index (χ3n) is 3.92. The van der Waals surface area contributed by atoms with E-state index < -0.39 is 5.41 Å². The average Bonchev–Trinajstić information content (AvgIpc) is 2.42. The van der Waals surface area contributed by atoms with Crippen LogP contribution in [-0.2, 0) is 4.79 Å². The van der Waals surface area contributed by atoms with Crippen LogP contribution in [0.1, 0.15) is 45.2 Å². The van der Waals surface area contributed by atoms with Crippen molar-refractivity contribution >= 4 is 36.4 Å². The van der Waals surface area contributed by atoms with E-state index >= 15 is 0 Å². The van der Waals surface area contributed by atoms with Crippen molar-refractivity contribution in [2.24, 2.45) is 16.9 Å². The molecule has 0 aromatic heterocycles. The molecule has 0 aliphatic carbocycles. The van der Waals surface area contributed by atoms with Crippen LogP contribution in [-0.4, -0.2) is 12.5 Å². The molecule has 0 fully saturated rings. The van der Waals surface area contributed by atoms with Crippen molar-refractivity contribution in [3.05, 3.63) is 29.8 Å². The Morgan fingerprint density at radius 1 is 1.19 bits per heavy atom. The van der Waals surface area contributed by atoms with Gasteiger partial charge in [0.1, 0.15) is 0 Å². The Labute approximate surface area is 139 Å². The van der Waals surface area contributed by atoms with Gasteiger partial charge in [-0.1, -0.05) is 26.0 Å². The fourth-order valence-electron chi connectivity index (χ4n) is 2.09. The summed E-state index contributed by atoms with van der Waals surface area (Å²) in [7, 11) is 0. The van der Waals surface area contributed by atoms with Crippen molar-refractivity contribution in [3.63, 3.8) is 0 Å². The third kappa shape index (κ3) is 5.47. The van der Waals surface area contributed by atoms with E-state index in [9.17, 15) is 4.79 Å². The van der Waals surface area contributed by atoms with Crippen LogP contribution in [0.15, 0.2) is 24.3 Å². The number of anilines is 1. The van der Waals surface area contributed by atoms with Crippen LogP contribution in [0.5, 0.6) is 0 Å². The van der Waals surface area contributed by atoms with Gasteiger partial charge in [0.05, 0.1) is 5.41 Å². The molecule has 0 bridgehead atoms. The zero-order valence-electron chi connectivity index (χ0n) is 12.9. The number of hydrogen-bond donors (Lipinski definition) is 3. The van der Waals surface area contributed by atoms with Crippen molar-refractivity contribution in [1.29, 1.82) is 0 Å². The fraction of sp³-hybridized carbons (Fsp3) is 0.533. The predicted molar refractivity (Wildman–Crippen MR) is 94.2 cm³/mol. The molecule has 1 aromatic carbocycles. The quantitative estimate of drug-likeness (QED) is 0.746. The number of benzene rings is 1. The maximum Gasteiger partial charge on any atom is 0.231 e. The number of nitrogens with one attached hydrogen (secondary N) is 1. The molecule has 4 nitrogen and oxygen atoms in total. The summed E-state index contributed by atoms with van der Waals surface area (Å²) in [5.41, 5.74) is 12.9. The number of carbonyl (C=O) groups is 1. The lowest BCUT2D eigenvalue weighted by atomic mass is 9.81. The molecule has 0 saturated heterocycles. The molecule has 0 aliphatic heterocycles. The van der Waals surface area contributed by atoms with Crippen molar-refractivity contribution in [2.75, 3.05) is 11.9 Å². The first-order valence-corrected chi connectivity index (χ1v) is 6.86. The van der Waals surface area contributed by atoms with E-state index in [1.165, 1.54) is 0 Å². The monoisotopic (exact) mass is 335 g/mol. The van der Waals surface area contributed by atoms with E-state index in [2.05, 4.69) is 5.32 Å². The van der Waals surface area contributed by atoms with Crippen LogP contribution in [0, 0.1) is 5.41 Å². The number of carbonyl (C=O) groups excluding carboxylic acids is 1. The Balaban J connectivity index is 0. The molecule has 0 spiro atoms. The summed E-state index contributed by atoms with van der Waals surface area (Å²) >= 11 is 0. The molecule has 1 amide bonds. The third-order valence-corrected chi connectivity index (χ3v) is 3.92. The van der Waals surface area contributed by atoms with E-state index in [0.717, 1.165) is 24.1 Å². The van der Waals surface area contributed by atoms with Crippen LogP contribution in [0.25, 0.3) is 0 Å². The zero-order chi connectivity index (χ0) is 14.5. The summed E-state index contributed by atoms with van der Waals surface area (Å²) < 4.78 is 0. The molecule has 5 N–H and O–H groups in total. The second-order valence-corrected chi connectivity index (χ2v) is 5.06. The molecule has 0 saturated carbocycles. The van der Waals surface area contributed by atoms with Crippen LogP contribution in [0.3, 0.4) is 0 Å². The number of halogens is 2. The standard InChI is InChI=1S/C15H25N3O.2ClH/c1-4-15(5-2,10-16)14(19)18-13-8-6-12(7-9-13)11(3)17;;/h6-9,11H,4-5,10,16-17H2,1-3H3,(H,18,19);2*1H. The molecule has 1 atom stereocenters. The molecule has 0 heterocycles. The van der Waals surface area contributed by atoms with Crippen LogP contribution >= 0.6 is 24.8 Å². The van der Waals surface area contributed by atoms with Gasteiger partial charge in [-0.3, -0.25) is 4.79 Å². The van der Waals surface area contributed by atoms with E-state index in [4.69, 9.17) is 11.5 Å². The molecule has 1 unspecified atom stereocenters. The van der Waals surface area contributed by atoms with E-state index in [-0.39, 0.29) is 36.8 Å². The summed E-state index contributed by atoms with van der Waals surface area (Å²) in [6.07, 6.45) is 1.48. The van der Waals surface area contributed by atoms with Crippen LogP contribution in [0.4, 0.5) is 5.69 Å². The first-order chi connectivity index (χ1) is 8.99. The Hall–Kier alpha value is -0.810. The highest BCUT2D eigenvalue weighted by Crippen LogP contribution is 2.27. The Morgan fingerprint density at radius 2 is 1.67 bits per heavy atom. The molecule has 6 heteroatoms. The average molecular weight is 336 g/mol. The van der Waals surface area contributed by atoms with Gasteiger partial charge in [0.15, 0.2) is 0 Å². The van der Waals surface area contributed by atoms with Gasteiger partial charge in [0.2, 0.25) is 5.91 Å². The van der Waals surface area contributed by atoms with Gasteiger partial charge < -0.3 is 16.8 Å². The minimum Gasteiger partial charge on any atom is -0.329 e. The second-order valence-electron chi connectivity index (χ2n) is 5.06. The topological polar surface area (TPSA) is 81.1 Å². The van der Waals surface area contributed by atoms with Crippen molar-refractivity contribution < 1.29 is 4.79 Å². The molecule has 0 radical (unpaired) electrons. The largest absolute Gasteiger partial charge is 0.329 e. The molecule has 1 aromatic rings. The summed E-state index contributed by atoms with van der Waals surface area (Å²) in [6, 6.07) is 7.62. The van der Waals surface area contributed by atoms with Gasteiger partial charge >= 0.3 is 0 Å². The van der Waals surface area contributed by atoms with E-state index in [1.54, 1.807) is 0 Å². The maximum atomic E-state index is 12.3. The van der Waals surface area contributed by atoms with E-state index in [0.29, 0.717) is 6.54 Å². The fourth-order valence-corrected chi connectivity index (χ4v) is 2.09. The minimum atomic E-state index is -0.472. The number of hydrogen-bond acceptors (Lipinski definition) is 3. The summed E-state index contributed by atoms with van der Waals surface area (Å²) in [4.78, 5) is 12.3. The molecule has 0 aliphatic rings. The van der Waals surface area contributed by atoms with Gasteiger partial charge in [-0.05, 0) is 37.5 Å². The van der Waals surface area contributed by atoms with Gasteiger partial charge in [0.25, 0.3) is 0 Å². The SMILES string of the molecule is CCC(CC)(CN)C(=O)Nc1ccc(C(C)N)cc1.Cl.Cl. The summed E-state index contributed by atoms with van der Waals surface area (Å²) in [5.74, 6) is -0.00598. The number of amides is 1. The van der Waals surface area contributed by atoms with Crippen molar-refractivity contribution in [2.45, 2.75) is 39.7 Å². The number of rotatable bonds is 6. The van der Waals surface area contributed by atoms with Gasteiger partial charge in [-0.25, -0.2) is 0 Å².